The molecule has 0 unspecified atom stereocenters. The number of likely N-dealkylation sites (tertiary alicyclic amines) is 1. The SMILES string of the molecule is O=Cc1cn(CC2(O)CCN(C(=O)CCc3ccccc3)CC2)c(=O)cc1-c1ccccc1. The van der Waals surface area contributed by atoms with Gasteiger partial charge >= 0.3 is 0 Å². The summed E-state index contributed by atoms with van der Waals surface area (Å²) in [6.45, 7) is 0.983. The highest BCUT2D eigenvalue weighted by molar-refractivity contribution is 5.86. The number of hydrogen-bond acceptors (Lipinski definition) is 4. The Morgan fingerprint density at radius 1 is 1.00 bits per heavy atom. The van der Waals surface area contributed by atoms with Crippen LogP contribution in [0.4, 0.5) is 0 Å². The lowest BCUT2D eigenvalue weighted by Gasteiger charge is -2.38. The number of aliphatic hydroxyl groups is 1. The van der Waals surface area contributed by atoms with Gasteiger partial charge in [-0.05, 0) is 36.0 Å². The van der Waals surface area contributed by atoms with Gasteiger partial charge < -0.3 is 14.6 Å². The molecule has 4 rings (SSSR count). The standard InChI is InChI=1S/C27H28N2O4/c30-19-23-18-29(26(32)17-24(23)22-9-5-2-6-10-22)20-27(33)13-15-28(16-14-27)25(31)12-11-21-7-3-1-4-8-21/h1-10,17-19,33H,11-16,20H2. The summed E-state index contributed by atoms with van der Waals surface area (Å²) in [4.78, 5) is 38.8. The van der Waals surface area contributed by atoms with Crippen molar-refractivity contribution in [1.82, 2.24) is 9.47 Å². The Morgan fingerprint density at radius 2 is 1.64 bits per heavy atom. The molecular formula is C27H28N2O4. The Labute approximate surface area is 193 Å². The zero-order valence-corrected chi connectivity index (χ0v) is 18.5. The van der Waals surface area contributed by atoms with E-state index in [0.717, 1.165) is 17.4 Å². The highest BCUT2D eigenvalue weighted by atomic mass is 16.3. The molecule has 170 valence electrons. The number of carbonyl (C=O) groups is 2. The first-order valence-electron chi connectivity index (χ1n) is 11.3. The van der Waals surface area contributed by atoms with Gasteiger partial charge in [0, 0.05) is 37.3 Å². The summed E-state index contributed by atoms with van der Waals surface area (Å²) in [5, 5.41) is 11.1. The average molecular weight is 445 g/mol. The van der Waals surface area contributed by atoms with Gasteiger partial charge in [-0.2, -0.15) is 0 Å². The van der Waals surface area contributed by atoms with E-state index in [-0.39, 0.29) is 18.0 Å². The smallest absolute Gasteiger partial charge is 0.251 e. The molecule has 6 heteroatoms. The van der Waals surface area contributed by atoms with Crippen LogP contribution in [0.15, 0.2) is 77.7 Å². The van der Waals surface area contributed by atoms with Crippen molar-refractivity contribution in [2.75, 3.05) is 13.1 Å². The summed E-state index contributed by atoms with van der Waals surface area (Å²) in [6.07, 6.45) is 4.15. The molecule has 1 aliphatic heterocycles. The van der Waals surface area contributed by atoms with Crippen molar-refractivity contribution in [3.05, 3.63) is 94.4 Å². The number of aromatic nitrogens is 1. The number of piperidine rings is 1. The lowest BCUT2D eigenvalue weighted by atomic mass is 9.90. The van der Waals surface area contributed by atoms with Gasteiger partial charge in [-0.15, -0.1) is 0 Å². The Kier molecular flexibility index (Phi) is 6.84. The minimum Gasteiger partial charge on any atom is -0.388 e. The van der Waals surface area contributed by atoms with Crippen LogP contribution in [0.3, 0.4) is 0 Å². The van der Waals surface area contributed by atoms with Crippen molar-refractivity contribution < 1.29 is 14.7 Å². The zero-order chi connectivity index (χ0) is 23.3. The number of hydrogen-bond donors (Lipinski definition) is 1. The van der Waals surface area contributed by atoms with E-state index in [4.69, 9.17) is 0 Å². The number of benzene rings is 2. The van der Waals surface area contributed by atoms with E-state index >= 15 is 0 Å². The predicted octanol–water partition coefficient (Wildman–Crippen LogP) is 3.31. The highest BCUT2D eigenvalue weighted by Gasteiger charge is 2.34. The molecule has 0 aliphatic carbocycles. The quantitative estimate of drug-likeness (QED) is 0.567. The van der Waals surface area contributed by atoms with E-state index in [9.17, 15) is 19.5 Å². The number of nitrogens with zero attached hydrogens (tertiary/aromatic N) is 2. The number of aryl methyl sites for hydroxylation is 1. The minimum absolute atomic E-state index is 0.0773. The van der Waals surface area contributed by atoms with Crippen molar-refractivity contribution in [1.29, 1.82) is 0 Å². The first-order valence-corrected chi connectivity index (χ1v) is 11.3. The molecule has 3 aromatic rings. The number of aldehydes is 1. The maximum Gasteiger partial charge on any atom is 0.251 e. The van der Waals surface area contributed by atoms with E-state index in [1.165, 1.54) is 16.8 Å². The van der Waals surface area contributed by atoms with Crippen LogP contribution in [0.25, 0.3) is 11.1 Å². The second-order valence-corrected chi connectivity index (χ2v) is 8.68. The summed E-state index contributed by atoms with van der Waals surface area (Å²) in [5.74, 6) is 0.0773. The molecule has 1 fully saturated rings. The molecule has 0 bridgehead atoms. The fourth-order valence-electron chi connectivity index (χ4n) is 4.38. The van der Waals surface area contributed by atoms with Gasteiger partial charge in [0.25, 0.3) is 5.56 Å². The molecule has 0 saturated carbocycles. The largest absolute Gasteiger partial charge is 0.388 e. The first-order chi connectivity index (χ1) is 16.0. The lowest BCUT2D eigenvalue weighted by molar-refractivity contribution is -0.135. The van der Waals surface area contributed by atoms with Gasteiger partial charge in [0.15, 0.2) is 6.29 Å². The van der Waals surface area contributed by atoms with Crippen molar-refractivity contribution in [3.63, 3.8) is 0 Å². The third kappa shape index (κ3) is 5.46. The van der Waals surface area contributed by atoms with Gasteiger partial charge in [-0.25, -0.2) is 0 Å². The molecule has 1 aliphatic rings. The van der Waals surface area contributed by atoms with Crippen LogP contribution >= 0.6 is 0 Å². The Morgan fingerprint density at radius 3 is 2.27 bits per heavy atom. The molecule has 1 N–H and O–H groups in total. The van der Waals surface area contributed by atoms with Crippen LogP contribution in [0.2, 0.25) is 0 Å². The molecule has 0 atom stereocenters. The number of carbonyl (C=O) groups excluding carboxylic acids is 2. The molecule has 6 nitrogen and oxygen atoms in total. The van der Waals surface area contributed by atoms with Gasteiger partial charge in [0.1, 0.15) is 0 Å². The molecular weight excluding hydrogens is 416 g/mol. The average Bonchev–Trinajstić information content (AvgIpc) is 2.85. The van der Waals surface area contributed by atoms with E-state index in [2.05, 4.69) is 0 Å². The first kappa shape index (κ1) is 22.7. The number of rotatable bonds is 7. The van der Waals surface area contributed by atoms with Gasteiger partial charge in [-0.3, -0.25) is 14.4 Å². The Hall–Kier alpha value is -3.51. The molecule has 0 spiro atoms. The molecule has 2 heterocycles. The molecule has 1 saturated heterocycles. The topological polar surface area (TPSA) is 79.6 Å². The van der Waals surface area contributed by atoms with Crippen LogP contribution in [-0.2, 0) is 17.8 Å². The monoisotopic (exact) mass is 444 g/mol. The van der Waals surface area contributed by atoms with Gasteiger partial charge in [0.2, 0.25) is 5.91 Å². The molecule has 33 heavy (non-hydrogen) atoms. The highest BCUT2D eigenvalue weighted by Crippen LogP contribution is 2.26. The van der Waals surface area contributed by atoms with Crippen LogP contribution < -0.4 is 5.56 Å². The maximum absolute atomic E-state index is 12.8. The molecule has 1 amide bonds. The third-order valence-electron chi connectivity index (χ3n) is 6.35. The second kappa shape index (κ2) is 9.96. The van der Waals surface area contributed by atoms with E-state index in [1.54, 1.807) is 4.90 Å². The van der Waals surface area contributed by atoms with Gasteiger partial charge in [0.05, 0.1) is 12.1 Å². The van der Waals surface area contributed by atoms with Crippen molar-refractivity contribution in [3.8, 4) is 11.1 Å². The van der Waals surface area contributed by atoms with Crippen LogP contribution in [0.5, 0.6) is 0 Å². The normalized spacial score (nSPS) is 15.2. The third-order valence-corrected chi connectivity index (χ3v) is 6.35. The number of pyridine rings is 1. The van der Waals surface area contributed by atoms with Gasteiger partial charge in [-0.1, -0.05) is 60.7 Å². The summed E-state index contributed by atoms with van der Waals surface area (Å²) in [5.41, 5.74) is 1.53. The van der Waals surface area contributed by atoms with E-state index in [1.807, 2.05) is 60.7 Å². The fourth-order valence-corrected chi connectivity index (χ4v) is 4.38. The fraction of sp³-hybridized carbons (Fsp3) is 0.296. The maximum atomic E-state index is 12.8. The van der Waals surface area contributed by atoms with E-state index < -0.39 is 5.60 Å². The molecule has 2 aromatic carbocycles. The minimum atomic E-state index is -1.10. The second-order valence-electron chi connectivity index (χ2n) is 8.68. The zero-order valence-electron chi connectivity index (χ0n) is 18.5. The molecule has 0 radical (unpaired) electrons. The molecule has 1 aromatic heterocycles. The van der Waals surface area contributed by atoms with Crippen molar-refractivity contribution in [2.45, 2.75) is 37.8 Å². The summed E-state index contributed by atoms with van der Waals surface area (Å²) >= 11 is 0. The summed E-state index contributed by atoms with van der Waals surface area (Å²) in [6, 6.07) is 20.6. The van der Waals surface area contributed by atoms with Crippen molar-refractivity contribution >= 4 is 12.2 Å². The Balaban J connectivity index is 1.40. The summed E-state index contributed by atoms with van der Waals surface area (Å²) in [7, 11) is 0. The summed E-state index contributed by atoms with van der Waals surface area (Å²) < 4.78 is 1.41. The van der Waals surface area contributed by atoms with Crippen LogP contribution in [0, 0.1) is 0 Å². The lowest BCUT2D eigenvalue weighted by Crippen LogP contribution is -2.49. The van der Waals surface area contributed by atoms with E-state index in [0.29, 0.717) is 49.9 Å². The van der Waals surface area contributed by atoms with Crippen LogP contribution in [-0.4, -0.2) is 45.5 Å². The Bertz CT molecular complexity index is 1160. The number of amides is 1. The van der Waals surface area contributed by atoms with Crippen LogP contribution in [0.1, 0.15) is 35.2 Å². The predicted molar refractivity (Wildman–Crippen MR) is 127 cm³/mol. The van der Waals surface area contributed by atoms with Crippen molar-refractivity contribution in [2.24, 2.45) is 0 Å².